The highest BCUT2D eigenvalue weighted by Gasteiger charge is 2.16. The van der Waals surface area contributed by atoms with E-state index in [2.05, 4.69) is 14.1 Å². The monoisotopic (exact) mass is 271 g/mol. The minimum absolute atomic E-state index is 0.155. The molecule has 1 saturated carbocycles. The second-order valence-corrected chi connectivity index (χ2v) is 5.85. The number of aromatic nitrogens is 2. The van der Waals surface area contributed by atoms with Crippen molar-refractivity contribution in [3.63, 3.8) is 0 Å². The zero-order chi connectivity index (χ0) is 12.1. The van der Waals surface area contributed by atoms with Gasteiger partial charge in [0.05, 0.1) is 28.9 Å². The van der Waals surface area contributed by atoms with E-state index >= 15 is 0 Å². The molecule has 1 amide bonds. The van der Waals surface area contributed by atoms with E-state index in [-0.39, 0.29) is 5.91 Å². The number of thioether (sulfide) groups is 1. The first-order chi connectivity index (χ1) is 8.25. The molecule has 94 valence electrons. The number of carbonyl (C=O) groups is 1. The summed E-state index contributed by atoms with van der Waals surface area (Å²) in [6.45, 7) is 1.96. The van der Waals surface area contributed by atoms with E-state index in [9.17, 15) is 4.79 Å². The van der Waals surface area contributed by atoms with Crippen LogP contribution in [0.15, 0.2) is 0 Å². The Bertz CT molecular complexity index is 375. The van der Waals surface area contributed by atoms with Gasteiger partial charge in [-0.05, 0) is 19.8 Å². The van der Waals surface area contributed by atoms with Crippen LogP contribution in [0, 0.1) is 6.92 Å². The zero-order valence-corrected chi connectivity index (χ0v) is 11.6. The lowest BCUT2D eigenvalue weighted by atomic mass is 10.2. The molecule has 0 radical (unpaired) electrons. The molecule has 17 heavy (non-hydrogen) atoms. The molecule has 1 aliphatic rings. The van der Waals surface area contributed by atoms with Gasteiger partial charge in [0, 0.05) is 11.8 Å². The summed E-state index contributed by atoms with van der Waals surface area (Å²) in [4.78, 5) is 11.6. The molecule has 2 rings (SSSR count). The van der Waals surface area contributed by atoms with Crippen LogP contribution in [0.3, 0.4) is 0 Å². The van der Waals surface area contributed by atoms with Crippen molar-refractivity contribution in [3.8, 4) is 0 Å². The first kappa shape index (κ1) is 12.8. The van der Waals surface area contributed by atoms with Crippen LogP contribution in [-0.4, -0.2) is 26.4 Å². The Kier molecular flexibility index (Phi) is 4.79. The molecular weight excluding hydrogens is 254 g/mol. The molecule has 0 saturated heterocycles. The molecule has 0 aliphatic heterocycles. The van der Waals surface area contributed by atoms with Crippen molar-refractivity contribution in [2.75, 3.05) is 5.75 Å². The first-order valence-corrected chi connectivity index (χ1v) is 7.79. The van der Waals surface area contributed by atoms with E-state index in [1.807, 2.05) is 6.92 Å². The van der Waals surface area contributed by atoms with Gasteiger partial charge in [0.1, 0.15) is 0 Å². The predicted molar refractivity (Wildman–Crippen MR) is 71.2 cm³/mol. The number of nitrogens with one attached hydrogen (secondary N) is 1. The first-order valence-electron chi connectivity index (χ1n) is 5.91. The standard InChI is InChI=1S/C11H17N3OS2/c1-8-10(14-17-13-8)6-16-7-11(15)12-9-4-2-3-5-9/h9H,2-7H2,1H3,(H,12,15). The van der Waals surface area contributed by atoms with Gasteiger partial charge in [0.15, 0.2) is 0 Å². The lowest BCUT2D eigenvalue weighted by Gasteiger charge is -2.11. The molecule has 1 N–H and O–H groups in total. The van der Waals surface area contributed by atoms with Gasteiger partial charge in [0.2, 0.25) is 5.91 Å². The average molecular weight is 271 g/mol. The third-order valence-electron chi connectivity index (χ3n) is 2.94. The fraction of sp³-hybridized carbons (Fsp3) is 0.727. The maximum atomic E-state index is 11.6. The number of aryl methyl sites for hydroxylation is 1. The molecule has 1 aromatic heterocycles. The Morgan fingerprint density at radius 1 is 1.47 bits per heavy atom. The molecular formula is C11H17N3OS2. The quantitative estimate of drug-likeness (QED) is 0.891. The van der Waals surface area contributed by atoms with Gasteiger partial charge < -0.3 is 5.32 Å². The SMILES string of the molecule is Cc1nsnc1CSCC(=O)NC1CCCC1. The minimum Gasteiger partial charge on any atom is -0.353 e. The van der Waals surface area contributed by atoms with E-state index in [0.717, 1.165) is 30.0 Å². The molecule has 1 fully saturated rings. The van der Waals surface area contributed by atoms with Gasteiger partial charge in [-0.15, -0.1) is 11.8 Å². The molecule has 0 unspecified atom stereocenters. The second-order valence-electron chi connectivity index (χ2n) is 4.34. The Balaban J connectivity index is 1.64. The lowest BCUT2D eigenvalue weighted by molar-refractivity contribution is -0.119. The zero-order valence-electron chi connectivity index (χ0n) is 9.94. The van der Waals surface area contributed by atoms with Crippen LogP contribution in [0.2, 0.25) is 0 Å². The molecule has 1 aliphatic carbocycles. The summed E-state index contributed by atoms with van der Waals surface area (Å²) in [5, 5.41) is 3.08. The maximum Gasteiger partial charge on any atom is 0.230 e. The number of nitrogens with zero attached hydrogens (tertiary/aromatic N) is 2. The number of carbonyl (C=O) groups excluding carboxylic acids is 1. The van der Waals surface area contributed by atoms with Gasteiger partial charge in [-0.1, -0.05) is 12.8 Å². The van der Waals surface area contributed by atoms with E-state index in [1.165, 1.54) is 24.6 Å². The molecule has 6 heteroatoms. The van der Waals surface area contributed by atoms with Crippen molar-refractivity contribution >= 4 is 29.4 Å². The van der Waals surface area contributed by atoms with Crippen LogP contribution < -0.4 is 5.32 Å². The number of rotatable bonds is 5. The second kappa shape index (κ2) is 6.35. The van der Waals surface area contributed by atoms with Gasteiger partial charge in [-0.25, -0.2) is 0 Å². The highest BCUT2D eigenvalue weighted by molar-refractivity contribution is 7.99. The maximum absolute atomic E-state index is 11.6. The lowest BCUT2D eigenvalue weighted by Crippen LogP contribution is -2.33. The van der Waals surface area contributed by atoms with Crippen molar-refractivity contribution in [1.82, 2.24) is 14.1 Å². The summed E-state index contributed by atoms with van der Waals surface area (Å²) >= 11 is 2.85. The highest BCUT2D eigenvalue weighted by Crippen LogP contribution is 2.18. The van der Waals surface area contributed by atoms with Crippen molar-refractivity contribution in [3.05, 3.63) is 11.4 Å². The Morgan fingerprint density at radius 3 is 2.88 bits per heavy atom. The summed E-state index contributed by atoms with van der Waals surface area (Å²) in [6.07, 6.45) is 4.79. The Hall–Kier alpha value is -0.620. The Labute approximate surface area is 110 Å². The van der Waals surface area contributed by atoms with Gasteiger partial charge in [-0.2, -0.15) is 8.75 Å². The van der Waals surface area contributed by atoms with Crippen LogP contribution in [0.4, 0.5) is 0 Å². The van der Waals surface area contributed by atoms with Crippen molar-refractivity contribution in [2.45, 2.75) is 44.4 Å². The number of amides is 1. The van der Waals surface area contributed by atoms with E-state index < -0.39 is 0 Å². The molecule has 1 heterocycles. The van der Waals surface area contributed by atoms with Crippen LogP contribution in [0.5, 0.6) is 0 Å². The molecule has 4 nitrogen and oxygen atoms in total. The van der Waals surface area contributed by atoms with Gasteiger partial charge in [-0.3, -0.25) is 4.79 Å². The highest BCUT2D eigenvalue weighted by atomic mass is 32.2. The van der Waals surface area contributed by atoms with E-state index in [1.54, 1.807) is 11.8 Å². The van der Waals surface area contributed by atoms with Crippen molar-refractivity contribution < 1.29 is 4.79 Å². The van der Waals surface area contributed by atoms with Crippen LogP contribution in [0.25, 0.3) is 0 Å². The fourth-order valence-corrected chi connectivity index (χ4v) is 3.44. The fourth-order valence-electron chi connectivity index (χ4n) is 1.96. The number of hydrogen-bond acceptors (Lipinski definition) is 5. The molecule has 0 bridgehead atoms. The van der Waals surface area contributed by atoms with Gasteiger partial charge >= 0.3 is 0 Å². The normalized spacial score (nSPS) is 16.3. The summed E-state index contributed by atoms with van der Waals surface area (Å²) in [5.41, 5.74) is 1.99. The smallest absolute Gasteiger partial charge is 0.230 e. The van der Waals surface area contributed by atoms with Crippen molar-refractivity contribution in [1.29, 1.82) is 0 Å². The molecule has 0 aromatic carbocycles. The van der Waals surface area contributed by atoms with Crippen LogP contribution in [-0.2, 0) is 10.5 Å². The van der Waals surface area contributed by atoms with Crippen LogP contribution in [0.1, 0.15) is 37.1 Å². The van der Waals surface area contributed by atoms with E-state index in [4.69, 9.17) is 0 Å². The van der Waals surface area contributed by atoms with Gasteiger partial charge in [0.25, 0.3) is 0 Å². The van der Waals surface area contributed by atoms with Crippen LogP contribution >= 0.6 is 23.5 Å². The third-order valence-corrected chi connectivity index (χ3v) is 4.54. The average Bonchev–Trinajstić information content (AvgIpc) is 2.91. The number of hydrogen-bond donors (Lipinski definition) is 1. The summed E-state index contributed by atoms with van der Waals surface area (Å²) in [7, 11) is 0. The predicted octanol–water partition coefficient (Wildman–Crippen LogP) is 2.14. The topological polar surface area (TPSA) is 54.9 Å². The Morgan fingerprint density at radius 2 is 2.24 bits per heavy atom. The minimum atomic E-state index is 0.155. The summed E-state index contributed by atoms with van der Waals surface area (Å²) in [5.74, 6) is 1.45. The van der Waals surface area contributed by atoms with E-state index in [0.29, 0.717) is 11.8 Å². The molecule has 1 aromatic rings. The van der Waals surface area contributed by atoms with Crippen molar-refractivity contribution in [2.24, 2.45) is 0 Å². The molecule has 0 spiro atoms. The summed E-state index contributed by atoms with van der Waals surface area (Å²) in [6, 6.07) is 0.422. The molecule has 0 atom stereocenters. The largest absolute Gasteiger partial charge is 0.353 e. The third kappa shape index (κ3) is 3.96. The summed E-state index contributed by atoms with van der Waals surface area (Å²) < 4.78 is 8.31.